The predicted octanol–water partition coefficient (Wildman–Crippen LogP) is 3.59. The van der Waals surface area contributed by atoms with Crippen LogP contribution in [0, 0.1) is 4.77 Å². The van der Waals surface area contributed by atoms with Crippen molar-refractivity contribution in [1.82, 2.24) is 24.6 Å². The van der Waals surface area contributed by atoms with Crippen LogP contribution in [0.25, 0.3) is 10.2 Å². The zero-order chi connectivity index (χ0) is 18.1. The molecule has 1 aliphatic heterocycles. The summed E-state index contributed by atoms with van der Waals surface area (Å²) >= 11 is 8.36. The maximum absolute atomic E-state index is 12.5. The van der Waals surface area contributed by atoms with Gasteiger partial charge in [0.2, 0.25) is 5.91 Å². The SMILES string of the molecule is Cn1c(C2CCN(C(=O)CSc3nc4ccccc4s3)CC2)n[nH]c1=S. The van der Waals surface area contributed by atoms with Crippen molar-refractivity contribution in [2.75, 3.05) is 18.8 Å². The number of likely N-dealkylation sites (tertiary alicyclic amines) is 1. The molecule has 1 aromatic carbocycles. The third kappa shape index (κ3) is 3.56. The topological polar surface area (TPSA) is 66.8 Å². The first-order chi connectivity index (χ1) is 12.6. The fraction of sp³-hybridized carbons (Fsp3) is 0.412. The molecule has 1 N–H and O–H groups in total. The number of thiazole rings is 1. The van der Waals surface area contributed by atoms with Crippen LogP contribution in [0.5, 0.6) is 0 Å². The van der Waals surface area contributed by atoms with Gasteiger partial charge in [-0.2, -0.15) is 5.10 Å². The fourth-order valence-electron chi connectivity index (χ4n) is 3.24. The van der Waals surface area contributed by atoms with Crippen LogP contribution >= 0.6 is 35.3 Å². The Hall–Kier alpha value is -1.71. The number of aromatic nitrogens is 4. The van der Waals surface area contributed by atoms with Gasteiger partial charge in [0.1, 0.15) is 5.82 Å². The normalized spacial score (nSPS) is 15.7. The number of H-pyrrole nitrogens is 1. The summed E-state index contributed by atoms with van der Waals surface area (Å²) in [6.07, 6.45) is 1.84. The van der Waals surface area contributed by atoms with Gasteiger partial charge in [0.25, 0.3) is 0 Å². The highest BCUT2D eigenvalue weighted by molar-refractivity contribution is 8.01. The lowest BCUT2D eigenvalue weighted by Gasteiger charge is -2.31. The van der Waals surface area contributed by atoms with Crippen LogP contribution in [-0.4, -0.2) is 49.4 Å². The monoisotopic (exact) mass is 405 g/mol. The van der Waals surface area contributed by atoms with Crippen molar-refractivity contribution in [1.29, 1.82) is 0 Å². The van der Waals surface area contributed by atoms with E-state index in [1.54, 1.807) is 11.3 Å². The lowest BCUT2D eigenvalue weighted by Crippen LogP contribution is -2.39. The lowest BCUT2D eigenvalue weighted by atomic mass is 9.96. The van der Waals surface area contributed by atoms with E-state index in [1.165, 1.54) is 11.8 Å². The van der Waals surface area contributed by atoms with Crippen LogP contribution in [0.2, 0.25) is 0 Å². The van der Waals surface area contributed by atoms with E-state index in [0.717, 1.165) is 46.3 Å². The van der Waals surface area contributed by atoms with Crippen LogP contribution in [0.4, 0.5) is 0 Å². The van der Waals surface area contributed by atoms with Gasteiger partial charge in [-0.05, 0) is 37.2 Å². The second-order valence-electron chi connectivity index (χ2n) is 6.34. The first-order valence-electron chi connectivity index (χ1n) is 8.49. The van der Waals surface area contributed by atoms with E-state index in [9.17, 15) is 4.79 Å². The van der Waals surface area contributed by atoms with Crippen LogP contribution in [-0.2, 0) is 11.8 Å². The van der Waals surface area contributed by atoms with Gasteiger partial charge in [-0.25, -0.2) is 4.98 Å². The minimum atomic E-state index is 0.183. The van der Waals surface area contributed by atoms with Crippen molar-refractivity contribution >= 4 is 51.4 Å². The van der Waals surface area contributed by atoms with Gasteiger partial charge in [-0.1, -0.05) is 23.9 Å². The highest BCUT2D eigenvalue weighted by Crippen LogP contribution is 2.30. The maximum Gasteiger partial charge on any atom is 0.233 e. The molecule has 0 bridgehead atoms. The minimum absolute atomic E-state index is 0.183. The van der Waals surface area contributed by atoms with Crippen LogP contribution < -0.4 is 0 Å². The Balaban J connectivity index is 1.32. The van der Waals surface area contributed by atoms with Crippen molar-refractivity contribution in [2.45, 2.75) is 23.1 Å². The Kier molecular flexibility index (Phi) is 5.10. The summed E-state index contributed by atoms with van der Waals surface area (Å²) in [5.74, 6) is 1.97. The van der Waals surface area contributed by atoms with E-state index in [-0.39, 0.29) is 5.91 Å². The zero-order valence-electron chi connectivity index (χ0n) is 14.3. The molecule has 136 valence electrons. The summed E-state index contributed by atoms with van der Waals surface area (Å²) in [6.45, 7) is 1.53. The third-order valence-corrected chi connectivity index (χ3v) is 7.25. The minimum Gasteiger partial charge on any atom is -0.342 e. The van der Waals surface area contributed by atoms with Gasteiger partial charge >= 0.3 is 0 Å². The molecule has 1 amide bonds. The number of carbonyl (C=O) groups excluding carboxylic acids is 1. The van der Waals surface area contributed by atoms with Crippen molar-refractivity contribution in [3.05, 3.63) is 34.9 Å². The number of rotatable bonds is 4. The summed E-state index contributed by atoms with van der Waals surface area (Å²) in [7, 11) is 1.94. The van der Waals surface area contributed by atoms with Gasteiger partial charge in [-0.3, -0.25) is 9.89 Å². The number of nitrogens with zero attached hydrogens (tertiary/aromatic N) is 4. The highest BCUT2D eigenvalue weighted by Gasteiger charge is 2.26. The number of piperidine rings is 1. The molecule has 0 atom stereocenters. The van der Waals surface area contributed by atoms with E-state index in [4.69, 9.17) is 12.2 Å². The summed E-state index contributed by atoms with van der Waals surface area (Å²) in [4.78, 5) is 19.1. The average molecular weight is 406 g/mol. The van der Waals surface area contributed by atoms with Gasteiger partial charge in [-0.15, -0.1) is 11.3 Å². The fourth-order valence-corrected chi connectivity index (χ4v) is 5.35. The van der Waals surface area contributed by atoms with E-state index in [1.807, 2.05) is 34.7 Å². The number of hydrogen-bond donors (Lipinski definition) is 1. The number of hydrogen-bond acceptors (Lipinski definition) is 6. The molecule has 6 nitrogen and oxygen atoms in total. The van der Waals surface area contributed by atoms with Crippen LogP contribution in [0.15, 0.2) is 28.6 Å². The first kappa shape index (κ1) is 17.7. The first-order valence-corrected chi connectivity index (χ1v) is 10.7. The number of benzene rings is 1. The second kappa shape index (κ2) is 7.50. The second-order valence-corrected chi connectivity index (χ2v) is 8.98. The Bertz CT molecular complexity index is 951. The highest BCUT2D eigenvalue weighted by atomic mass is 32.2. The van der Waals surface area contributed by atoms with E-state index in [2.05, 4.69) is 21.2 Å². The van der Waals surface area contributed by atoms with Gasteiger partial charge < -0.3 is 9.47 Å². The summed E-state index contributed by atoms with van der Waals surface area (Å²) in [6, 6.07) is 8.07. The van der Waals surface area contributed by atoms with Crippen molar-refractivity contribution in [3.8, 4) is 0 Å². The molecule has 0 saturated carbocycles. The molecule has 2 aromatic heterocycles. The zero-order valence-corrected chi connectivity index (χ0v) is 16.8. The smallest absolute Gasteiger partial charge is 0.233 e. The van der Waals surface area contributed by atoms with Crippen molar-refractivity contribution in [3.63, 3.8) is 0 Å². The molecule has 0 unspecified atom stereocenters. The number of thioether (sulfide) groups is 1. The van der Waals surface area contributed by atoms with Crippen LogP contribution in [0.1, 0.15) is 24.6 Å². The average Bonchev–Trinajstić information content (AvgIpc) is 3.23. The molecule has 0 radical (unpaired) electrons. The van der Waals surface area contributed by atoms with Gasteiger partial charge in [0, 0.05) is 26.1 Å². The van der Waals surface area contributed by atoms with E-state index in [0.29, 0.717) is 16.4 Å². The third-order valence-electron chi connectivity index (χ3n) is 4.72. The largest absolute Gasteiger partial charge is 0.342 e. The van der Waals surface area contributed by atoms with Crippen LogP contribution in [0.3, 0.4) is 0 Å². The Morgan fingerprint density at radius 3 is 2.85 bits per heavy atom. The number of carbonyl (C=O) groups is 1. The van der Waals surface area contributed by atoms with Crippen molar-refractivity contribution < 1.29 is 4.79 Å². The Morgan fingerprint density at radius 1 is 1.38 bits per heavy atom. The Morgan fingerprint density at radius 2 is 2.15 bits per heavy atom. The molecule has 0 aliphatic carbocycles. The molecular weight excluding hydrogens is 386 g/mol. The Labute approximate surface area is 164 Å². The predicted molar refractivity (Wildman–Crippen MR) is 107 cm³/mol. The molecule has 3 aromatic rings. The molecule has 1 saturated heterocycles. The number of nitrogens with one attached hydrogen (secondary N) is 1. The molecular formula is C17H19N5OS3. The van der Waals surface area contributed by atoms with Crippen molar-refractivity contribution in [2.24, 2.45) is 7.05 Å². The standard InChI is InChI=1S/C17H19N5OS3/c1-21-15(19-20-16(21)24)11-6-8-22(9-7-11)14(23)10-25-17-18-12-4-2-3-5-13(12)26-17/h2-5,11H,6-10H2,1H3,(H,20,24). The summed E-state index contributed by atoms with van der Waals surface area (Å²) in [5.41, 5.74) is 1.00. The summed E-state index contributed by atoms with van der Waals surface area (Å²) < 4.78 is 4.69. The van der Waals surface area contributed by atoms with Gasteiger partial charge in [0.05, 0.1) is 16.0 Å². The molecule has 9 heteroatoms. The molecule has 0 spiro atoms. The molecule has 26 heavy (non-hydrogen) atoms. The number of para-hydroxylation sites is 1. The van der Waals surface area contributed by atoms with E-state index < -0.39 is 0 Å². The molecule has 4 rings (SSSR count). The van der Waals surface area contributed by atoms with Gasteiger partial charge in [0.15, 0.2) is 9.11 Å². The lowest BCUT2D eigenvalue weighted by molar-refractivity contribution is -0.129. The maximum atomic E-state index is 12.5. The van der Waals surface area contributed by atoms with E-state index >= 15 is 0 Å². The molecule has 3 heterocycles. The summed E-state index contributed by atoms with van der Waals surface area (Å²) in [5, 5.41) is 7.18. The molecule has 1 fully saturated rings. The number of amides is 1. The quantitative estimate of drug-likeness (QED) is 0.531. The number of fused-ring (bicyclic) bond motifs is 1. The number of aromatic amines is 1. The molecule has 1 aliphatic rings.